The summed E-state index contributed by atoms with van der Waals surface area (Å²) >= 11 is 0. The van der Waals surface area contributed by atoms with Gasteiger partial charge in [0.05, 0.1) is 6.54 Å². The van der Waals surface area contributed by atoms with Crippen LogP contribution in [0.25, 0.3) is 0 Å². The first kappa shape index (κ1) is 15.1. The summed E-state index contributed by atoms with van der Waals surface area (Å²) in [6.07, 6.45) is 6.13. The molecule has 3 heterocycles. The predicted octanol–water partition coefficient (Wildman–Crippen LogP) is 0.103. The first-order chi connectivity index (χ1) is 11.2. The van der Waals surface area contributed by atoms with Crippen molar-refractivity contribution in [1.82, 2.24) is 24.6 Å². The molecule has 1 amide bonds. The Hall–Kier alpha value is -2.77. The molecule has 0 aromatic carbocycles. The Balaban J connectivity index is 1.61. The zero-order valence-corrected chi connectivity index (χ0v) is 12.5. The molecule has 0 saturated carbocycles. The lowest BCUT2D eigenvalue weighted by atomic mass is 10.1. The standard InChI is InChI=1S/C15H17N5O3/c21-14-4-1-6-18-20(14)10-15(22)19-8-2-3-12(9-19)23-13-5-7-16-11-17-13/h1,4-7,11-12H,2-3,8-10H2. The van der Waals surface area contributed by atoms with Gasteiger partial charge in [-0.15, -0.1) is 0 Å². The number of likely N-dealkylation sites (tertiary alicyclic amines) is 1. The van der Waals surface area contributed by atoms with Gasteiger partial charge in [0, 0.05) is 31.1 Å². The second kappa shape index (κ2) is 6.99. The van der Waals surface area contributed by atoms with E-state index in [1.807, 2.05) is 0 Å². The first-order valence-corrected chi connectivity index (χ1v) is 7.45. The van der Waals surface area contributed by atoms with Gasteiger partial charge in [-0.1, -0.05) is 0 Å². The Morgan fingerprint density at radius 1 is 1.35 bits per heavy atom. The largest absolute Gasteiger partial charge is 0.472 e. The molecule has 0 N–H and O–H groups in total. The van der Waals surface area contributed by atoms with Crippen LogP contribution in [0.4, 0.5) is 0 Å². The maximum absolute atomic E-state index is 12.4. The summed E-state index contributed by atoms with van der Waals surface area (Å²) in [7, 11) is 0. The number of carbonyl (C=O) groups excluding carboxylic acids is 1. The van der Waals surface area contributed by atoms with Crippen molar-refractivity contribution in [2.24, 2.45) is 0 Å². The van der Waals surface area contributed by atoms with E-state index in [-0.39, 0.29) is 24.1 Å². The monoisotopic (exact) mass is 315 g/mol. The van der Waals surface area contributed by atoms with E-state index in [1.165, 1.54) is 18.6 Å². The maximum atomic E-state index is 12.4. The molecule has 1 atom stereocenters. The van der Waals surface area contributed by atoms with E-state index in [0.717, 1.165) is 17.5 Å². The molecule has 0 radical (unpaired) electrons. The zero-order valence-electron chi connectivity index (χ0n) is 12.5. The highest BCUT2D eigenvalue weighted by Gasteiger charge is 2.25. The molecule has 0 spiro atoms. The molecule has 1 fully saturated rings. The van der Waals surface area contributed by atoms with Crippen LogP contribution in [0.3, 0.4) is 0 Å². The average Bonchev–Trinajstić information content (AvgIpc) is 2.58. The number of carbonyl (C=O) groups is 1. The molecule has 2 aromatic rings. The minimum atomic E-state index is -0.286. The number of hydrogen-bond donors (Lipinski definition) is 0. The minimum absolute atomic E-state index is 0.0557. The highest BCUT2D eigenvalue weighted by molar-refractivity contribution is 5.76. The number of ether oxygens (including phenoxy) is 1. The van der Waals surface area contributed by atoms with Gasteiger partial charge in [-0.05, 0) is 18.9 Å². The summed E-state index contributed by atoms with van der Waals surface area (Å²) in [5.41, 5.74) is -0.286. The molecule has 23 heavy (non-hydrogen) atoms. The summed E-state index contributed by atoms with van der Waals surface area (Å²) in [4.78, 5) is 33.6. The molecular weight excluding hydrogens is 298 g/mol. The van der Waals surface area contributed by atoms with E-state index >= 15 is 0 Å². The van der Waals surface area contributed by atoms with Crippen molar-refractivity contribution in [3.05, 3.63) is 47.3 Å². The molecule has 0 bridgehead atoms. The van der Waals surface area contributed by atoms with Crippen LogP contribution < -0.4 is 10.3 Å². The highest BCUT2D eigenvalue weighted by atomic mass is 16.5. The summed E-state index contributed by atoms with van der Waals surface area (Å²) in [5.74, 6) is 0.363. The summed E-state index contributed by atoms with van der Waals surface area (Å²) in [6.45, 7) is 1.08. The summed E-state index contributed by atoms with van der Waals surface area (Å²) in [5, 5.41) is 3.91. The Kier molecular flexibility index (Phi) is 4.60. The molecular formula is C15H17N5O3. The van der Waals surface area contributed by atoms with Crippen LogP contribution in [0.5, 0.6) is 5.88 Å². The van der Waals surface area contributed by atoms with E-state index in [1.54, 1.807) is 23.2 Å². The minimum Gasteiger partial charge on any atom is -0.472 e. The molecule has 120 valence electrons. The molecule has 1 aliphatic rings. The fourth-order valence-corrected chi connectivity index (χ4v) is 2.51. The molecule has 1 unspecified atom stereocenters. The molecule has 1 saturated heterocycles. The lowest BCUT2D eigenvalue weighted by Crippen LogP contribution is -2.46. The second-order valence-electron chi connectivity index (χ2n) is 5.29. The normalized spacial score (nSPS) is 17.7. The number of rotatable bonds is 4. The lowest BCUT2D eigenvalue weighted by Gasteiger charge is -2.32. The van der Waals surface area contributed by atoms with Gasteiger partial charge >= 0.3 is 0 Å². The Labute approximate surface area is 132 Å². The SMILES string of the molecule is O=C(Cn1ncccc1=O)N1CCCC(Oc2ccncn2)C1. The van der Waals surface area contributed by atoms with Gasteiger partial charge < -0.3 is 9.64 Å². The van der Waals surface area contributed by atoms with Gasteiger partial charge in [0.2, 0.25) is 11.8 Å². The fourth-order valence-electron chi connectivity index (χ4n) is 2.51. The van der Waals surface area contributed by atoms with Crippen molar-refractivity contribution in [3.63, 3.8) is 0 Å². The van der Waals surface area contributed by atoms with Crippen molar-refractivity contribution in [2.75, 3.05) is 13.1 Å². The second-order valence-corrected chi connectivity index (χ2v) is 5.29. The topological polar surface area (TPSA) is 90.2 Å². The van der Waals surface area contributed by atoms with Crippen LogP contribution in [0.2, 0.25) is 0 Å². The van der Waals surface area contributed by atoms with E-state index in [2.05, 4.69) is 15.1 Å². The van der Waals surface area contributed by atoms with Gasteiger partial charge in [0.1, 0.15) is 19.0 Å². The Bertz CT molecular complexity index is 718. The molecule has 3 rings (SSSR count). The van der Waals surface area contributed by atoms with Gasteiger partial charge in [0.15, 0.2) is 0 Å². The van der Waals surface area contributed by atoms with Gasteiger partial charge in [-0.3, -0.25) is 9.59 Å². The molecule has 1 aliphatic heterocycles. The van der Waals surface area contributed by atoms with E-state index in [0.29, 0.717) is 19.0 Å². The van der Waals surface area contributed by atoms with Crippen molar-refractivity contribution >= 4 is 5.91 Å². The third-order valence-corrected chi connectivity index (χ3v) is 3.64. The van der Waals surface area contributed by atoms with Crippen LogP contribution in [-0.2, 0) is 11.3 Å². The van der Waals surface area contributed by atoms with Gasteiger partial charge in [0.25, 0.3) is 5.56 Å². The van der Waals surface area contributed by atoms with Gasteiger partial charge in [-0.25, -0.2) is 14.6 Å². The lowest BCUT2D eigenvalue weighted by molar-refractivity contribution is -0.134. The zero-order chi connectivity index (χ0) is 16.1. The van der Waals surface area contributed by atoms with E-state index < -0.39 is 0 Å². The molecule has 8 heteroatoms. The predicted molar refractivity (Wildman–Crippen MR) is 80.8 cm³/mol. The van der Waals surface area contributed by atoms with Crippen molar-refractivity contribution < 1.29 is 9.53 Å². The fraction of sp³-hybridized carbons (Fsp3) is 0.400. The summed E-state index contributed by atoms with van der Waals surface area (Å²) in [6, 6.07) is 4.63. The third-order valence-electron chi connectivity index (χ3n) is 3.64. The maximum Gasteiger partial charge on any atom is 0.267 e. The van der Waals surface area contributed by atoms with Crippen molar-refractivity contribution in [3.8, 4) is 5.88 Å². The van der Waals surface area contributed by atoms with Crippen LogP contribution >= 0.6 is 0 Å². The van der Waals surface area contributed by atoms with E-state index in [9.17, 15) is 9.59 Å². The van der Waals surface area contributed by atoms with Crippen molar-refractivity contribution in [2.45, 2.75) is 25.5 Å². The number of nitrogens with zero attached hydrogens (tertiary/aromatic N) is 5. The van der Waals surface area contributed by atoms with Crippen LogP contribution in [0, 0.1) is 0 Å². The van der Waals surface area contributed by atoms with Crippen LogP contribution in [0.15, 0.2) is 41.7 Å². The highest BCUT2D eigenvalue weighted by Crippen LogP contribution is 2.16. The Morgan fingerprint density at radius 2 is 2.26 bits per heavy atom. The molecule has 8 nitrogen and oxygen atoms in total. The smallest absolute Gasteiger partial charge is 0.267 e. The number of aromatic nitrogens is 4. The number of hydrogen-bond acceptors (Lipinski definition) is 6. The first-order valence-electron chi connectivity index (χ1n) is 7.45. The quantitative estimate of drug-likeness (QED) is 0.795. The number of piperidine rings is 1. The van der Waals surface area contributed by atoms with Gasteiger partial charge in [-0.2, -0.15) is 5.10 Å². The third kappa shape index (κ3) is 3.91. The molecule has 2 aromatic heterocycles. The van der Waals surface area contributed by atoms with Crippen molar-refractivity contribution in [1.29, 1.82) is 0 Å². The summed E-state index contributed by atoms with van der Waals surface area (Å²) < 4.78 is 6.94. The molecule has 0 aliphatic carbocycles. The van der Waals surface area contributed by atoms with E-state index in [4.69, 9.17) is 4.74 Å². The van der Waals surface area contributed by atoms with Crippen LogP contribution in [0.1, 0.15) is 12.8 Å². The average molecular weight is 315 g/mol. The van der Waals surface area contributed by atoms with Crippen LogP contribution in [-0.4, -0.2) is 49.7 Å². The Morgan fingerprint density at radius 3 is 3.04 bits per heavy atom. The number of amides is 1.